The number of ether oxygens (including phenoxy) is 2. The molecule has 2 aliphatic rings. The normalized spacial score (nSPS) is 21.4. The molecule has 0 bridgehead atoms. The van der Waals surface area contributed by atoms with Gasteiger partial charge in [0.1, 0.15) is 11.6 Å². The van der Waals surface area contributed by atoms with Gasteiger partial charge in [-0.25, -0.2) is 8.78 Å². The average Bonchev–Trinajstić information content (AvgIpc) is 3.25. The molecule has 2 saturated heterocycles. The predicted octanol–water partition coefficient (Wildman–Crippen LogP) is 3.79. The largest absolute Gasteiger partial charge is 0.343 e. The number of carbonyl (C=O) groups is 1. The van der Waals surface area contributed by atoms with E-state index in [9.17, 15) is 13.6 Å². The number of benzene rings is 2. The maximum absolute atomic E-state index is 13.3. The van der Waals surface area contributed by atoms with Crippen molar-refractivity contribution < 1.29 is 23.0 Å². The first-order valence-corrected chi connectivity index (χ1v) is 10.8. The fourth-order valence-corrected chi connectivity index (χ4v) is 4.42. The van der Waals surface area contributed by atoms with E-state index in [0.29, 0.717) is 38.3 Å². The molecule has 0 N–H and O–H groups in total. The summed E-state index contributed by atoms with van der Waals surface area (Å²) < 4.78 is 38.3. The molecular formula is C24H28F2N2O3. The summed E-state index contributed by atoms with van der Waals surface area (Å²) in [4.78, 5) is 16.9. The van der Waals surface area contributed by atoms with Crippen LogP contribution in [-0.4, -0.2) is 61.1 Å². The molecule has 1 atom stereocenters. The van der Waals surface area contributed by atoms with Gasteiger partial charge >= 0.3 is 0 Å². The summed E-state index contributed by atoms with van der Waals surface area (Å²) in [5, 5.41) is 0. The van der Waals surface area contributed by atoms with Crippen molar-refractivity contribution in [2.45, 2.75) is 31.6 Å². The second kappa shape index (κ2) is 9.42. The van der Waals surface area contributed by atoms with Crippen LogP contribution in [0.5, 0.6) is 0 Å². The lowest BCUT2D eigenvalue weighted by atomic mass is 10.00. The molecule has 2 aromatic rings. The zero-order valence-electron chi connectivity index (χ0n) is 17.7. The molecule has 1 unspecified atom stereocenters. The van der Waals surface area contributed by atoms with Crippen LogP contribution in [0.25, 0.3) is 0 Å². The Kier molecular flexibility index (Phi) is 6.65. The fraction of sp³-hybridized carbons (Fsp3) is 0.458. The van der Waals surface area contributed by atoms with Gasteiger partial charge in [0.05, 0.1) is 13.2 Å². The molecule has 0 spiro atoms. The molecule has 0 aliphatic carbocycles. The SMILES string of the molecule is CC1CN(C(=O)c2ccc(F)cc2)CCN1CCCC1(c2ccc(F)cc2)OCCO1. The summed E-state index contributed by atoms with van der Waals surface area (Å²) >= 11 is 0. The molecular weight excluding hydrogens is 402 g/mol. The molecule has 5 nitrogen and oxygen atoms in total. The van der Waals surface area contributed by atoms with Crippen molar-refractivity contribution in [1.82, 2.24) is 9.80 Å². The highest BCUT2D eigenvalue weighted by atomic mass is 19.1. The third-order valence-corrected chi connectivity index (χ3v) is 6.13. The highest BCUT2D eigenvalue weighted by Crippen LogP contribution is 2.36. The summed E-state index contributed by atoms with van der Waals surface area (Å²) in [5.74, 6) is -1.49. The first kappa shape index (κ1) is 21.9. The quantitative estimate of drug-likeness (QED) is 0.699. The van der Waals surface area contributed by atoms with E-state index >= 15 is 0 Å². The van der Waals surface area contributed by atoms with Crippen LogP contribution in [0.1, 0.15) is 35.7 Å². The second-order valence-electron chi connectivity index (χ2n) is 8.20. The molecule has 0 saturated carbocycles. The molecule has 4 rings (SSSR count). The second-order valence-corrected chi connectivity index (χ2v) is 8.20. The predicted molar refractivity (Wildman–Crippen MR) is 113 cm³/mol. The van der Waals surface area contributed by atoms with E-state index in [2.05, 4.69) is 11.8 Å². The van der Waals surface area contributed by atoms with E-state index in [1.807, 2.05) is 4.90 Å². The van der Waals surface area contributed by atoms with Crippen LogP contribution in [0.3, 0.4) is 0 Å². The van der Waals surface area contributed by atoms with Gasteiger partial charge in [0.25, 0.3) is 5.91 Å². The number of halogens is 2. The molecule has 31 heavy (non-hydrogen) atoms. The minimum Gasteiger partial charge on any atom is -0.343 e. The van der Waals surface area contributed by atoms with Crippen LogP contribution in [0, 0.1) is 11.6 Å². The van der Waals surface area contributed by atoms with Gasteiger partial charge in [0, 0.05) is 43.2 Å². The topological polar surface area (TPSA) is 42.0 Å². The van der Waals surface area contributed by atoms with Crippen molar-refractivity contribution in [3.63, 3.8) is 0 Å². The fourth-order valence-electron chi connectivity index (χ4n) is 4.42. The molecule has 7 heteroatoms. The Morgan fingerprint density at radius 3 is 2.23 bits per heavy atom. The van der Waals surface area contributed by atoms with Gasteiger partial charge in [0.15, 0.2) is 5.79 Å². The third kappa shape index (κ3) is 4.95. The van der Waals surface area contributed by atoms with Crippen molar-refractivity contribution in [3.05, 3.63) is 71.3 Å². The standard InChI is InChI=1S/C24H28F2N2O3/c1-18-17-28(23(29)19-3-7-21(25)8-4-19)14-13-27(18)12-2-11-24(30-15-16-31-24)20-5-9-22(26)10-6-20/h3-10,18H,2,11-17H2,1H3. The Morgan fingerprint density at radius 1 is 1.00 bits per heavy atom. The summed E-state index contributed by atoms with van der Waals surface area (Å²) in [5.41, 5.74) is 1.35. The van der Waals surface area contributed by atoms with Crippen molar-refractivity contribution in [2.24, 2.45) is 0 Å². The van der Waals surface area contributed by atoms with Crippen molar-refractivity contribution in [3.8, 4) is 0 Å². The lowest BCUT2D eigenvalue weighted by Crippen LogP contribution is -2.53. The lowest BCUT2D eigenvalue weighted by molar-refractivity contribution is -0.172. The average molecular weight is 430 g/mol. The number of amides is 1. The summed E-state index contributed by atoms with van der Waals surface area (Å²) in [6.07, 6.45) is 1.54. The molecule has 2 fully saturated rings. The van der Waals surface area contributed by atoms with Crippen LogP contribution in [0.2, 0.25) is 0 Å². The monoisotopic (exact) mass is 430 g/mol. The van der Waals surface area contributed by atoms with Crippen LogP contribution < -0.4 is 0 Å². The first-order chi connectivity index (χ1) is 15.0. The Labute approximate surface area is 181 Å². The third-order valence-electron chi connectivity index (χ3n) is 6.13. The molecule has 2 heterocycles. The van der Waals surface area contributed by atoms with Gasteiger partial charge < -0.3 is 14.4 Å². The van der Waals surface area contributed by atoms with E-state index < -0.39 is 5.79 Å². The van der Waals surface area contributed by atoms with Crippen LogP contribution in [0.15, 0.2) is 48.5 Å². The minimum atomic E-state index is -0.808. The number of hydrogen-bond donors (Lipinski definition) is 0. The van der Waals surface area contributed by atoms with Gasteiger partial charge in [-0.1, -0.05) is 12.1 Å². The summed E-state index contributed by atoms with van der Waals surface area (Å²) in [6, 6.07) is 12.2. The Morgan fingerprint density at radius 2 is 1.61 bits per heavy atom. The van der Waals surface area contributed by atoms with E-state index in [1.165, 1.54) is 36.4 Å². The van der Waals surface area contributed by atoms with Crippen LogP contribution in [-0.2, 0) is 15.3 Å². The van der Waals surface area contributed by atoms with Crippen molar-refractivity contribution in [1.29, 1.82) is 0 Å². The molecule has 0 aromatic heterocycles. The Balaban J connectivity index is 1.31. The van der Waals surface area contributed by atoms with Gasteiger partial charge in [-0.05, 0) is 56.3 Å². The van der Waals surface area contributed by atoms with E-state index in [-0.39, 0.29) is 23.6 Å². The summed E-state index contributed by atoms with van der Waals surface area (Å²) in [7, 11) is 0. The van der Waals surface area contributed by atoms with Gasteiger partial charge in [-0.2, -0.15) is 0 Å². The van der Waals surface area contributed by atoms with Crippen molar-refractivity contribution in [2.75, 3.05) is 39.4 Å². The molecule has 1 amide bonds. The highest BCUT2D eigenvalue weighted by molar-refractivity contribution is 5.94. The molecule has 166 valence electrons. The number of nitrogens with zero attached hydrogens (tertiary/aromatic N) is 2. The maximum atomic E-state index is 13.3. The molecule has 2 aliphatic heterocycles. The maximum Gasteiger partial charge on any atom is 0.253 e. The highest BCUT2D eigenvalue weighted by Gasteiger charge is 2.38. The lowest BCUT2D eigenvalue weighted by Gasteiger charge is -2.40. The van der Waals surface area contributed by atoms with Crippen LogP contribution in [0.4, 0.5) is 8.78 Å². The van der Waals surface area contributed by atoms with Gasteiger partial charge in [-0.15, -0.1) is 0 Å². The molecule has 0 radical (unpaired) electrons. The minimum absolute atomic E-state index is 0.0606. The van der Waals surface area contributed by atoms with Gasteiger partial charge in [-0.3, -0.25) is 9.69 Å². The van der Waals surface area contributed by atoms with E-state index in [4.69, 9.17) is 9.47 Å². The first-order valence-electron chi connectivity index (χ1n) is 10.8. The number of rotatable bonds is 6. The van der Waals surface area contributed by atoms with Crippen molar-refractivity contribution >= 4 is 5.91 Å². The van der Waals surface area contributed by atoms with E-state index in [1.54, 1.807) is 12.1 Å². The Hall–Kier alpha value is -2.35. The summed E-state index contributed by atoms with van der Waals surface area (Å²) in [6.45, 7) is 6.07. The number of piperazine rings is 1. The van der Waals surface area contributed by atoms with E-state index in [0.717, 1.165) is 25.1 Å². The van der Waals surface area contributed by atoms with Crippen LogP contribution >= 0.6 is 0 Å². The molecule has 2 aromatic carbocycles. The number of carbonyl (C=O) groups excluding carboxylic acids is 1. The van der Waals surface area contributed by atoms with Gasteiger partial charge in [0.2, 0.25) is 0 Å². The zero-order chi connectivity index (χ0) is 21.8. The smallest absolute Gasteiger partial charge is 0.253 e. The Bertz CT molecular complexity index is 883. The number of hydrogen-bond acceptors (Lipinski definition) is 4. The zero-order valence-corrected chi connectivity index (χ0v) is 17.7.